The van der Waals surface area contributed by atoms with Crippen LogP contribution in [0.3, 0.4) is 0 Å². The summed E-state index contributed by atoms with van der Waals surface area (Å²) in [5.41, 5.74) is -0.0508. The van der Waals surface area contributed by atoms with Crippen LogP contribution in [0.15, 0.2) is 0 Å². The number of rotatable bonds is 7. The van der Waals surface area contributed by atoms with E-state index in [1.165, 1.54) is 0 Å². The van der Waals surface area contributed by atoms with Gasteiger partial charge in [0.15, 0.2) is 0 Å². The summed E-state index contributed by atoms with van der Waals surface area (Å²) >= 11 is 0. The SMILES string of the molecule is CCC1C(=O)NC(C2CC2)C(=O)N1CC(C)(C)CCOC. The summed E-state index contributed by atoms with van der Waals surface area (Å²) in [6.07, 6.45) is 3.64. The average molecular weight is 296 g/mol. The van der Waals surface area contributed by atoms with Gasteiger partial charge in [-0.2, -0.15) is 0 Å². The zero-order chi connectivity index (χ0) is 15.6. The Hall–Kier alpha value is -1.10. The summed E-state index contributed by atoms with van der Waals surface area (Å²) < 4.78 is 5.15. The number of nitrogens with one attached hydrogen (secondary N) is 1. The third kappa shape index (κ3) is 3.76. The maximum absolute atomic E-state index is 12.8. The highest BCUT2D eigenvalue weighted by Crippen LogP contribution is 2.36. The number of piperazine rings is 1. The van der Waals surface area contributed by atoms with E-state index in [0.29, 0.717) is 25.5 Å². The molecule has 0 spiro atoms. The fraction of sp³-hybridized carbons (Fsp3) is 0.875. The zero-order valence-electron chi connectivity index (χ0n) is 13.6. The molecule has 5 nitrogen and oxygen atoms in total. The molecule has 1 saturated carbocycles. The van der Waals surface area contributed by atoms with Crippen LogP contribution in [-0.2, 0) is 14.3 Å². The smallest absolute Gasteiger partial charge is 0.246 e. The van der Waals surface area contributed by atoms with Crippen molar-refractivity contribution < 1.29 is 14.3 Å². The summed E-state index contributed by atoms with van der Waals surface area (Å²) in [6, 6.07) is -0.618. The third-order valence-corrected chi connectivity index (χ3v) is 4.59. The lowest BCUT2D eigenvalue weighted by molar-refractivity contribution is -0.151. The number of methoxy groups -OCH3 is 1. The van der Waals surface area contributed by atoms with Crippen molar-refractivity contribution in [2.75, 3.05) is 20.3 Å². The predicted octanol–water partition coefficient (Wildman–Crippen LogP) is 1.56. The third-order valence-electron chi connectivity index (χ3n) is 4.59. The molecule has 0 aromatic heterocycles. The Bertz CT molecular complexity index is 404. The molecule has 2 aliphatic rings. The summed E-state index contributed by atoms with van der Waals surface area (Å²) in [5, 5.41) is 2.93. The largest absolute Gasteiger partial charge is 0.385 e. The van der Waals surface area contributed by atoms with Crippen molar-refractivity contribution in [3.63, 3.8) is 0 Å². The molecule has 1 aliphatic heterocycles. The molecule has 1 N–H and O–H groups in total. The zero-order valence-corrected chi connectivity index (χ0v) is 13.6. The van der Waals surface area contributed by atoms with Crippen molar-refractivity contribution in [3.8, 4) is 0 Å². The van der Waals surface area contributed by atoms with Crippen LogP contribution in [-0.4, -0.2) is 49.1 Å². The van der Waals surface area contributed by atoms with E-state index in [9.17, 15) is 9.59 Å². The van der Waals surface area contributed by atoms with Gasteiger partial charge in [0, 0.05) is 20.3 Å². The number of hydrogen-bond donors (Lipinski definition) is 1. The van der Waals surface area contributed by atoms with Gasteiger partial charge in [0.2, 0.25) is 11.8 Å². The molecule has 2 fully saturated rings. The van der Waals surface area contributed by atoms with Crippen molar-refractivity contribution in [2.45, 2.75) is 58.5 Å². The van der Waals surface area contributed by atoms with E-state index >= 15 is 0 Å². The van der Waals surface area contributed by atoms with Crippen LogP contribution in [0, 0.1) is 11.3 Å². The Labute approximate surface area is 127 Å². The number of amides is 2. The second-order valence-electron chi connectivity index (χ2n) is 7.12. The molecule has 0 aromatic carbocycles. The van der Waals surface area contributed by atoms with Gasteiger partial charge >= 0.3 is 0 Å². The normalized spacial score (nSPS) is 27.0. The molecule has 1 heterocycles. The Kier molecular flexibility index (Phi) is 4.91. The van der Waals surface area contributed by atoms with Crippen LogP contribution in [0.1, 0.15) is 46.5 Å². The van der Waals surface area contributed by atoms with Crippen LogP contribution in [0.2, 0.25) is 0 Å². The van der Waals surface area contributed by atoms with E-state index in [2.05, 4.69) is 19.2 Å². The van der Waals surface area contributed by atoms with E-state index in [-0.39, 0.29) is 29.3 Å². The molecule has 0 radical (unpaired) electrons. The molecule has 2 amide bonds. The Morgan fingerprint density at radius 2 is 2.00 bits per heavy atom. The first-order chi connectivity index (χ1) is 9.89. The van der Waals surface area contributed by atoms with Gasteiger partial charge in [0.05, 0.1) is 0 Å². The van der Waals surface area contributed by atoms with Gasteiger partial charge in [0.25, 0.3) is 0 Å². The molecule has 1 saturated heterocycles. The first-order valence-corrected chi connectivity index (χ1v) is 7.99. The van der Waals surface area contributed by atoms with Crippen LogP contribution in [0.5, 0.6) is 0 Å². The second-order valence-corrected chi connectivity index (χ2v) is 7.12. The monoisotopic (exact) mass is 296 g/mol. The van der Waals surface area contributed by atoms with Gasteiger partial charge in [-0.25, -0.2) is 0 Å². The maximum atomic E-state index is 12.8. The van der Waals surface area contributed by atoms with Gasteiger partial charge in [-0.15, -0.1) is 0 Å². The summed E-state index contributed by atoms with van der Waals surface area (Å²) in [4.78, 5) is 26.9. The molecule has 0 bridgehead atoms. The fourth-order valence-electron chi connectivity index (χ4n) is 3.05. The van der Waals surface area contributed by atoms with Crippen LogP contribution in [0.25, 0.3) is 0 Å². The van der Waals surface area contributed by atoms with Crippen molar-refractivity contribution in [1.29, 1.82) is 0 Å². The molecule has 2 unspecified atom stereocenters. The van der Waals surface area contributed by atoms with Crippen molar-refractivity contribution >= 4 is 11.8 Å². The fourth-order valence-corrected chi connectivity index (χ4v) is 3.05. The van der Waals surface area contributed by atoms with Crippen molar-refractivity contribution in [3.05, 3.63) is 0 Å². The summed E-state index contributed by atoms with van der Waals surface area (Å²) in [7, 11) is 1.69. The van der Waals surface area contributed by atoms with Crippen LogP contribution in [0.4, 0.5) is 0 Å². The van der Waals surface area contributed by atoms with Crippen molar-refractivity contribution in [2.24, 2.45) is 11.3 Å². The number of hydrogen-bond acceptors (Lipinski definition) is 3. The standard InChI is InChI=1S/C16H28N2O3/c1-5-12-14(19)17-13(11-6-7-11)15(20)18(12)10-16(2,3)8-9-21-4/h11-13H,5-10H2,1-4H3,(H,17,19). The Morgan fingerprint density at radius 3 is 2.52 bits per heavy atom. The molecule has 120 valence electrons. The van der Waals surface area contributed by atoms with Crippen LogP contribution >= 0.6 is 0 Å². The molecule has 1 aliphatic carbocycles. The van der Waals surface area contributed by atoms with Crippen molar-refractivity contribution in [1.82, 2.24) is 10.2 Å². The molecule has 0 aromatic rings. The van der Waals surface area contributed by atoms with E-state index in [0.717, 1.165) is 19.3 Å². The van der Waals surface area contributed by atoms with Gasteiger partial charge in [-0.1, -0.05) is 20.8 Å². The lowest BCUT2D eigenvalue weighted by atomic mass is 9.87. The first kappa shape index (κ1) is 16.3. The van der Waals surface area contributed by atoms with Gasteiger partial charge in [0.1, 0.15) is 12.1 Å². The molecule has 2 atom stereocenters. The van der Waals surface area contributed by atoms with Gasteiger partial charge in [-0.05, 0) is 37.0 Å². The van der Waals surface area contributed by atoms with E-state index in [4.69, 9.17) is 4.74 Å². The molecular formula is C16H28N2O3. The topological polar surface area (TPSA) is 58.6 Å². The Balaban J connectivity index is 2.11. The minimum atomic E-state index is -0.325. The number of carbonyl (C=O) groups excluding carboxylic acids is 2. The first-order valence-electron chi connectivity index (χ1n) is 7.99. The summed E-state index contributed by atoms with van der Waals surface area (Å²) in [6.45, 7) is 7.51. The van der Waals surface area contributed by atoms with E-state index in [1.807, 2.05) is 11.8 Å². The van der Waals surface area contributed by atoms with E-state index < -0.39 is 0 Å². The molecule has 5 heteroatoms. The van der Waals surface area contributed by atoms with Crippen LogP contribution < -0.4 is 5.32 Å². The maximum Gasteiger partial charge on any atom is 0.246 e. The highest BCUT2D eigenvalue weighted by molar-refractivity contribution is 5.97. The Morgan fingerprint density at radius 1 is 1.33 bits per heavy atom. The average Bonchev–Trinajstić information content (AvgIpc) is 3.25. The molecule has 2 rings (SSSR count). The number of carbonyl (C=O) groups is 2. The highest BCUT2D eigenvalue weighted by atomic mass is 16.5. The minimum Gasteiger partial charge on any atom is -0.385 e. The van der Waals surface area contributed by atoms with Gasteiger partial charge in [-0.3, -0.25) is 9.59 Å². The summed E-state index contributed by atoms with van der Waals surface area (Å²) in [5.74, 6) is 0.467. The quantitative estimate of drug-likeness (QED) is 0.776. The second kappa shape index (κ2) is 6.34. The predicted molar refractivity (Wildman–Crippen MR) is 80.7 cm³/mol. The lowest BCUT2D eigenvalue weighted by Gasteiger charge is -2.42. The lowest BCUT2D eigenvalue weighted by Crippen LogP contribution is -2.65. The molecular weight excluding hydrogens is 268 g/mol. The van der Waals surface area contributed by atoms with E-state index in [1.54, 1.807) is 7.11 Å². The minimum absolute atomic E-state index is 0.0107. The highest BCUT2D eigenvalue weighted by Gasteiger charge is 2.47. The molecule has 21 heavy (non-hydrogen) atoms. The number of nitrogens with zero attached hydrogens (tertiary/aromatic N) is 1. The number of ether oxygens (including phenoxy) is 1. The van der Waals surface area contributed by atoms with Gasteiger partial charge < -0.3 is 15.0 Å².